The van der Waals surface area contributed by atoms with Gasteiger partial charge in [0, 0.05) is 28.4 Å². The number of thiophene rings is 1. The highest BCUT2D eigenvalue weighted by Gasteiger charge is 2.11. The maximum Gasteiger partial charge on any atom is 0.270 e. The molecule has 6 heteroatoms. The molecule has 1 N–H and O–H groups in total. The Morgan fingerprint density at radius 1 is 1.40 bits per heavy atom. The SMILES string of the molecule is Cc1cc(CNc2ccc([N+](=O)[O-])cc2C#N)c(C)s1. The van der Waals surface area contributed by atoms with Crippen molar-refractivity contribution >= 4 is 22.7 Å². The number of non-ortho nitro benzene ring substituents is 1. The van der Waals surface area contributed by atoms with Crippen molar-refractivity contribution in [1.29, 1.82) is 5.26 Å². The minimum atomic E-state index is -0.503. The summed E-state index contributed by atoms with van der Waals surface area (Å²) in [6.07, 6.45) is 0. The van der Waals surface area contributed by atoms with E-state index in [0.29, 0.717) is 12.2 Å². The van der Waals surface area contributed by atoms with Crippen molar-refractivity contribution in [2.75, 3.05) is 5.32 Å². The first-order chi connectivity index (χ1) is 9.51. The minimum absolute atomic E-state index is 0.0744. The van der Waals surface area contributed by atoms with Crippen LogP contribution in [0, 0.1) is 35.3 Å². The molecule has 20 heavy (non-hydrogen) atoms. The number of anilines is 1. The number of nitro groups is 1. The van der Waals surface area contributed by atoms with Gasteiger partial charge in [0.25, 0.3) is 5.69 Å². The molecular formula is C14H13N3O2S. The van der Waals surface area contributed by atoms with Gasteiger partial charge in [0.1, 0.15) is 6.07 Å². The summed E-state index contributed by atoms with van der Waals surface area (Å²) in [5.41, 5.74) is 1.99. The predicted molar refractivity (Wildman–Crippen MR) is 78.9 cm³/mol. The van der Waals surface area contributed by atoms with Crippen molar-refractivity contribution in [3.63, 3.8) is 0 Å². The Kier molecular flexibility index (Phi) is 4.01. The fourth-order valence-electron chi connectivity index (χ4n) is 1.94. The van der Waals surface area contributed by atoms with Crippen LogP contribution >= 0.6 is 11.3 Å². The summed E-state index contributed by atoms with van der Waals surface area (Å²) in [7, 11) is 0. The zero-order chi connectivity index (χ0) is 14.7. The van der Waals surface area contributed by atoms with Gasteiger partial charge in [-0.15, -0.1) is 11.3 Å². The summed E-state index contributed by atoms with van der Waals surface area (Å²) in [5, 5.41) is 22.9. The molecule has 0 amide bonds. The molecule has 0 bridgehead atoms. The van der Waals surface area contributed by atoms with Crippen LogP contribution in [0.3, 0.4) is 0 Å². The van der Waals surface area contributed by atoms with Gasteiger partial charge in [0.2, 0.25) is 0 Å². The summed E-state index contributed by atoms with van der Waals surface area (Å²) in [6, 6.07) is 8.34. The van der Waals surface area contributed by atoms with Gasteiger partial charge in [0.15, 0.2) is 0 Å². The number of rotatable bonds is 4. The monoisotopic (exact) mass is 287 g/mol. The van der Waals surface area contributed by atoms with Gasteiger partial charge < -0.3 is 5.32 Å². The van der Waals surface area contributed by atoms with Crippen LogP contribution in [0.2, 0.25) is 0 Å². The van der Waals surface area contributed by atoms with E-state index < -0.39 is 4.92 Å². The van der Waals surface area contributed by atoms with Crippen LogP contribution in [0.25, 0.3) is 0 Å². The highest BCUT2D eigenvalue weighted by molar-refractivity contribution is 7.12. The quantitative estimate of drug-likeness (QED) is 0.686. The standard InChI is InChI=1S/C14H13N3O2S/c1-9-5-12(10(2)20-9)8-16-14-4-3-13(17(18)19)6-11(14)7-15/h3-6,16H,8H2,1-2H3. The lowest BCUT2D eigenvalue weighted by Gasteiger charge is -2.07. The van der Waals surface area contributed by atoms with Crippen LogP contribution in [-0.4, -0.2) is 4.92 Å². The summed E-state index contributed by atoms with van der Waals surface area (Å²) in [5.74, 6) is 0. The Bertz CT molecular complexity index is 701. The Hall–Kier alpha value is -2.39. The molecular weight excluding hydrogens is 274 g/mol. The van der Waals surface area contributed by atoms with E-state index in [0.717, 1.165) is 0 Å². The second-order valence-corrected chi connectivity index (χ2v) is 5.85. The van der Waals surface area contributed by atoms with Gasteiger partial charge >= 0.3 is 0 Å². The van der Waals surface area contributed by atoms with Crippen molar-refractivity contribution in [3.05, 3.63) is 55.3 Å². The molecule has 0 aliphatic carbocycles. The largest absolute Gasteiger partial charge is 0.380 e. The number of nitro benzene ring substituents is 1. The highest BCUT2D eigenvalue weighted by atomic mass is 32.1. The van der Waals surface area contributed by atoms with E-state index in [2.05, 4.69) is 18.3 Å². The number of nitrogens with one attached hydrogen (secondary N) is 1. The average molecular weight is 287 g/mol. The second kappa shape index (κ2) is 5.72. The van der Waals surface area contributed by atoms with Crippen molar-refractivity contribution in [2.45, 2.75) is 20.4 Å². The first-order valence-corrected chi connectivity index (χ1v) is 6.81. The third-order valence-corrected chi connectivity index (χ3v) is 3.96. The molecule has 1 aromatic heterocycles. The van der Waals surface area contributed by atoms with E-state index in [1.54, 1.807) is 17.4 Å². The number of hydrogen-bond donors (Lipinski definition) is 1. The molecule has 0 spiro atoms. The topological polar surface area (TPSA) is 79.0 Å². The van der Waals surface area contributed by atoms with E-state index >= 15 is 0 Å². The fraction of sp³-hybridized carbons (Fsp3) is 0.214. The average Bonchev–Trinajstić information content (AvgIpc) is 2.74. The maximum atomic E-state index is 10.7. The van der Waals surface area contributed by atoms with Crippen LogP contribution in [0.1, 0.15) is 20.9 Å². The van der Waals surface area contributed by atoms with Crippen molar-refractivity contribution in [2.24, 2.45) is 0 Å². The highest BCUT2D eigenvalue weighted by Crippen LogP contribution is 2.24. The Morgan fingerprint density at radius 2 is 2.15 bits per heavy atom. The summed E-state index contributed by atoms with van der Waals surface area (Å²) in [4.78, 5) is 12.7. The van der Waals surface area contributed by atoms with Crippen LogP contribution in [0.15, 0.2) is 24.3 Å². The minimum Gasteiger partial charge on any atom is -0.380 e. The Morgan fingerprint density at radius 3 is 2.70 bits per heavy atom. The number of benzene rings is 1. The fourth-order valence-corrected chi connectivity index (χ4v) is 2.89. The third-order valence-electron chi connectivity index (χ3n) is 2.95. The first kappa shape index (κ1) is 14.0. The molecule has 0 saturated heterocycles. The first-order valence-electron chi connectivity index (χ1n) is 5.99. The molecule has 0 aliphatic rings. The van der Waals surface area contributed by atoms with Gasteiger partial charge in [-0.1, -0.05) is 0 Å². The predicted octanol–water partition coefficient (Wildman–Crippen LogP) is 3.76. The molecule has 2 rings (SSSR count). The Labute approximate surface area is 120 Å². The van der Waals surface area contributed by atoms with Gasteiger partial charge in [-0.05, 0) is 31.5 Å². The van der Waals surface area contributed by atoms with E-state index in [-0.39, 0.29) is 11.3 Å². The van der Waals surface area contributed by atoms with Crippen LogP contribution in [0.4, 0.5) is 11.4 Å². The van der Waals surface area contributed by atoms with E-state index in [4.69, 9.17) is 5.26 Å². The maximum absolute atomic E-state index is 10.7. The third kappa shape index (κ3) is 2.95. The Balaban J connectivity index is 2.20. The van der Waals surface area contributed by atoms with Gasteiger partial charge in [-0.3, -0.25) is 10.1 Å². The van der Waals surface area contributed by atoms with Crippen LogP contribution in [0.5, 0.6) is 0 Å². The summed E-state index contributed by atoms with van der Waals surface area (Å²) in [6.45, 7) is 4.70. The molecule has 0 saturated carbocycles. The van der Waals surface area contributed by atoms with Gasteiger partial charge in [-0.25, -0.2) is 0 Å². The normalized spacial score (nSPS) is 10.1. The zero-order valence-electron chi connectivity index (χ0n) is 11.1. The van der Waals surface area contributed by atoms with Crippen molar-refractivity contribution in [1.82, 2.24) is 0 Å². The molecule has 0 atom stereocenters. The molecule has 5 nitrogen and oxygen atoms in total. The van der Waals surface area contributed by atoms with E-state index in [1.165, 1.54) is 27.5 Å². The lowest BCUT2D eigenvalue weighted by atomic mass is 10.1. The smallest absolute Gasteiger partial charge is 0.270 e. The second-order valence-electron chi connectivity index (χ2n) is 4.39. The molecule has 0 unspecified atom stereocenters. The van der Waals surface area contributed by atoms with Crippen molar-refractivity contribution in [3.8, 4) is 6.07 Å². The molecule has 2 aromatic rings. The summed E-state index contributed by atoms with van der Waals surface area (Å²) >= 11 is 1.73. The number of nitrogens with zero attached hydrogens (tertiary/aromatic N) is 2. The van der Waals surface area contributed by atoms with E-state index in [9.17, 15) is 10.1 Å². The molecule has 0 fully saturated rings. The van der Waals surface area contributed by atoms with Crippen molar-refractivity contribution < 1.29 is 4.92 Å². The number of nitriles is 1. The number of hydrogen-bond acceptors (Lipinski definition) is 5. The molecule has 1 aromatic carbocycles. The van der Waals surface area contributed by atoms with E-state index in [1.807, 2.05) is 13.0 Å². The molecule has 0 aliphatic heterocycles. The van der Waals surface area contributed by atoms with Crippen LogP contribution in [-0.2, 0) is 6.54 Å². The van der Waals surface area contributed by atoms with Gasteiger partial charge in [-0.2, -0.15) is 5.26 Å². The van der Waals surface area contributed by atoms with Crippen LogP contribution < -0.4 is 5.32 Å². The lowest BCUT2D eigenvalue weighted by Crippen LogP contribution is -2.02. The number of aryl methyl sites for hydroxylation is 2. The lowest BCUT2D eigenvalue weighted by molar-refractivity contribution is -0.384. The molecule has 102 valence electrons. The van der Waals surface area contributed by atoms with Gasteiger partial charge in [0.05, 0.1) is 16.2 Å². The molecule has 0 radical (unpaired) electrons. The summed E-state index contributed by atoms with van der Waals surface area (Å²) < 4.78 is 0. The molecule has 1 heterocycles. The zero-order valence-corrected chi connectivity index (χ0v) is 12.0.